The highest BCUT2D eigenvalue weighted by Crippen LogP contribution is 2.30. The zero-order valence-electron chi connectivity index (χ0n) is 18.4. The minimum Gasteiger partial charge on any atom is -0.497 e. The van der Waals surface area contributed by atoms with Crippen molar-refractivity contribution in [1.29, 1.82) is 0 Å². The molecule has 1 atom stereocenters. The molecule has 0 bridgehead atoms. The van der Waals surface area contributed by atoms with Gasteiger partial charge in [-0.3, -0.25) is 14.3 Å². The van der Waals surface area contributed by atoms with Gasteiger partial charge in [0.25, 0.3) is 0 Å². The Labute approximate surface area is 195 Å². The molecule has 0 aliphatic carbocycles. The van der Waals surface area contributed by atoms with E-state index in [4.69, 9.17) is 13.9 Å². The maximum atomic E-state index is 12.9. The molecule has 0 aliphatic rings. The average molecular weight is 466 g/mol. The first-order valence-corrected chi connectivity index (χ1v) is 11.0. The van der Waals surface area contributed by atoms with Crippen LogP contribution in [0.15, 0.2) is 70.7 Å². The quantitative estimate of drug-likeness (QED) is 0.368. The molecule has 10 heteroatoms. The number of nitrogens with zero attached hydrogens (tertiary/aromatic N) is 4. The lowest BCUT2D eigenvalue weighted by molar-refractivity contribution is -0.115. The lowest BCUT2D eigenvalue weighted by atomic mass is 10.2. The van der Waals surface area contributed by atoms with Crippen molar-refractivity contribution in [2.24, 2.45) is 0 Å². The summed E-state index contributed by atoms with van der Waals surface area (Å²) >= 11 is 1.31. The first kappa shape index (κ1) is 22.4. The Morgan fingerprint density at radius 1 is 1.15 bits per heavy atom. The minimum absolute atomic E-state index is 0.189. The smallest absolute Gasteiger partial charge is 0.237 e. The molecule has 1 amide bonds. The fraction of sp³-hybridized carbons (Fsp3) is 0.217. The lowest BCUT2D eigenvalue weighted by Crippen LogP contribution is -2.23. The monoisotopic (exact) mass is 465 g/mol. The molecule has 0 saturated heterocycles. The Morgan fingerprint density at radius 3 is 2.58 bits per heavy atom. The number of benzene rings is 1. The van der Waals surface area contributed by atoms with Crippen molar-refractivity contribution in [1.82, 2.24) is 19.7 Å². The van der Waals surface area contributed by atoms with E-state index in [1.807, 2.05) is 35.8 Å². The maximum absolute atomic E-state index is 12.9. The van der Waals surface area contributed by atoms with Crippen molar-refractivity contribution >= 4 is 23.4 Å². The molecule has 170 valence electrons. The van der Waals surface area contributed by atoms with E-state index in [1.165, 1.54) is 11.8 Å². The zero-order chi connectivity index (χ0) is 23.2. The van der Waals surface area contributed by atoms with Crippen LogP contribution in [0.1, 0.15) is 12.7 Å². The summed E-state index contributed by atoms with van der Waals surface area (Å²) < 4.78 is 18.0. The summed E-state index contributed by atoms with van der Waals surface area (Å²) in [4.78, 5) is 17.1. The van der Waals surface area contributed by atoms with E-state index in [2.05, 4.69) is 20.5 Å². The molecule has 9 nitrogen and oxygen atoms in total. The molecule has 0 aliphatic heterocycles. The van der Waals surface area contributed by atoms with E-state index in [-0.39, 0.29) is 5.91 Å². The van der Waals surface area contributed by atoms with Crippen LogP contribution >= 0.6 is 11.8 Å². The molecule has 0 saturated carbocycles. The van der Waals surface area contributed by atoms with Crippen molar-refractivity contribution in [3.63, 3.8) is 0 Å². The first-order valence-electron chi connectivity index (χ1n) is 10.1. The number of aromatic nitrogens is 4. The average Bonchev–Trinajstić information content (AvgIpc) is 3.50. The molecule has 1 N–H and O–H groups in total. The molecule has 3 aromatic heterocycles. The summed E-state index contributed by atoms with van der Waals surface area (Å²) in [7, 11) is 3.12. The van der Waals surface area contributed by atoms with Gasteiger partial charge in [-0.1, -0.05) is 11.8 Å². The van der Waals surface area contributed by atoms with Crippen molar-refractivity contribution in [3.05, 3.63) is 66.9 Å². The van der Waals surface area contributed by atoms with Crippen LogP contribution < -0.4 is 14.8 Å². The summed E-state index contributed by atoms with van der Waals surface area (Å²) in [6.45, 7) is 2.24. The molecule has 1 unspecified atom stereocenters. The number of methoxy groups -OCH3 is 2. The number of pyridine rings is 1. The highest BCUT2D eigenvalue weighted by atomic mass is 32.2. The van der Waals surface area contributed by atoms with Crippen LogP contribution in [0.2, 0.25) is 0 Å². The van der Waals surface area contributed by atoms with E-state index in [0.29, 0.717) is 34.7 Å². The topological polar surface area (TPSA) is 104 Å². The Bertz CT molecular complexity index is 1190. The third kappa shape index (κ3) is 5.35. The highest BCUT2D eigenvalue weighted by molar-refractivity contribution is 8.00. The number of hydrogen-bond donors (Lipinski definition) is 1. The second kappa shape index (κ2) is 10.2. The van der Waals surface area contributed by atoms with Crippen LogP contribution in [0.4, 0.5) is 5.69 Å². The van der Waals surface area contributed by atoms with Gasteiger partial charge in [-0.25, -0.2) is 0 Å². The molecule has 0 spiro atoms. The zero-order valence-corrected chi connectivity index (χ0v) is 19.2. The number of anilines is 1. The normalized spacial score (nSPS) is 11.7. The number of thioether (sulfide) groups is 1. The minimum atomic E-state index is -0.455. The van der Waals surface area contributed by atoms with E-state index < -0.39 is 5.25 Å². The molecule has 3 heterocycles. The molecule has 4 aromatic rings. The van der Waals surface area contributed by atoms with Gasteiger partial charge in [-0.2, -0.15) is 0 Å². The number of furan rings is 1. The summed E-state index contributed by atoms with van der Waals surface area (Å²) in [5, 5.41) is 11.7. The molecular weight excluding hydrogens is 442 g/mol. The maximum Gasteiger partial charge on any atom is 0.237 e. The van der Waals surface area contributed by atoms with Crippen LogP contribution in [0.5, 0.6) is 11.5 Å². The SMILES string of the molecule is COc1cc(NC(=O)C(C)Sc2nnc(-c3cccnc3)n2Cc2ccco2)cc(OC)c1. The molecule has 0 radical (unpaired) electrons. The Hall–Kier alpha value is -3.79. The fourth-order valence-electron chi connectivity index (χ4n) is 3.12. The van der Waals surface area contributed by atoms with E-state index in [9.17, 15) is 4.79 Å². The van der Waals surface area contributed by atoms with Gasteiger partial charge in [0.2, 0.25) is 5.91 Å². The first-order chi connectivity index (χ1) is 16.1. The molecule has 4 rings (SSSR count). The second-order valence-electron chi connectivity index (χ2n) is 7.06. The van der Waals surface area contributed by atoms with Crippen molar-refractivity contribution < 1.29 is 18.7 Å². The molecule has 33 heavy (non-hydrogen) atoms. The summed E-state index contributed by atoms with van der Waals surface area (Å²) in [5.74, 6) is 2.38. The van der Waals surface area contributed by atoms with Crippen molar-refractivity contribution in [2.45, 2.75) is 23.9 Å². The number of ether oxygens (including phenoxy) is 2. The summed E-state index contributed by atoms with van der Waals surface area (Å²) in [6, 6.07) is 12.7. The molecular formula is C23H23N5O4S. The van der Waals surface area contributed by atoms with Crippen molar-refractivity contribution in [2.75, 3.05) is 19.5 Å². The fourth-order valence-corrected chi connectivity index (χ4v) is 3.97. The number of nitrogens with one attached hydrogen (secondary N) is 1. The number of carbonyl (C=O) groups is 1. The predicted octanol–water partition coefficient (Wildman–Crippen LogP) is 4.12. The lowest BCUT2D eigenvalue weighted by Gasteiger charge is -2.14. The second-order valence-corrected chi connectivity index (χ2v) is 8.37. The van der Waals surface area contributed by atoms with Gasteiger partial charge in [0.15, 0.2) is 11.0 Å². The summed E-state index contributed by atoms with van der Waals surface area (Å²) in [6.07, 6.45) is 5.05. The van der Waals surface area contributed by atoms with E-state index in [1.54, 1.807) is 51.1 Å². The van der Waals surface area contributed by atoms with Crippen LogP contribution in [-0.2, 0) is 11.3 Å². The Balaban J connectivity index is 1.55. The van der Waals surface area contributed by atoms with Gasteiger partial charge in [-0.05, 0) is 31.2 Å². The van der Waals surface area contributed by atoms with Gasteiger partial charge in [0, 0.05) is 41.8 Å². The number of amides is 1. The van der Waals surface area contributed by atoms with Gasteiger partial charge < -0.3 is 19.2 Å². The van der Waals surface area contributed by atoms with E-state index >= 15 is 0 Å². The third-order valence-electron chi connectivity index (χ3n) is 4.80. The predicted molar refractivity (Wildman–Crippen MR) is 125 cm³/mol. The third-order valence-corrected chi connectivity index (χ3v) is 5.88. The van der Waals surface area contributed by atoms with Crippen LogP contribution in [0, 0.1) is 0 Å². The highest BCUT2D eigenvalue weighted by Gasteiger charge is 2.22. The van der Waals surface area contributed by atoms with Gasteiger partial charge in [-0.15, -0.1) is 10.2 Å². The van der Waals surface area contributed by atoms with Crippen LogP contribution in [0.3, 0.4) is 0 Å². The Morgan fingerprint density at radius 2 is 1.94 bits per heavy atom. The van der Waals surface area contributed by atoms with Crippen molar-refractivity contribution in [3.8, 4) is 22.9 Å². The number of rotatable bonds is 9. The van der Waals surface area contributed by atoms with Gasteiger partial charge >= 0.3 is 0 Å². The van der Waals surface area contributed by atoms with E-state index in [0.717, 1.165) is 11.3 Å². The number of carbonyl (C=O) groups excluding carboxylic acids is 1. The Kier molecular flexibility index (Phi) is 6.94. The standard InChI is InChI=1S/C23H23N5O4S/c1-15(22(29)25-17-10-19(30-2)12-20(11-17)31-3)33-23-27-26-21(16-6-4-8-24-13-16)28(23)14-18-7-5-9-32-18/h4-13,15H,14H2,1-3H3,(H,25,29). The molecule has 0 fully saturated rings. The summed E-state index contributed by atoms with van der Waals surface area (Å²) in [5.41, 5.74) is 1.40. The molecule has 1 aromatic carbocycles. The largest absolute Gasteiger partial charge is 0.497 e. The van der Waals surface area contributed by atoms with Gasteiger partial charge in [0.1, 0.15) is 17.3 Å². The van der Waals surface area contributed by atoms with Crippen LogP contribution in [-0.4, -0.2) is 45.1 Å². The van der Waals surface area contributed by atoms with Crippen LogP contribution in [0.25, 0.3) is 11.4 Å². The number of hydrogen-bond acceptors (Lipinski definition) is 8. The van der Waals surface area contributed by atoms with Gasteiger partial charge in [0.05, 0.1) is 32.3 Å².